The third-order valence-electron chi connectivity index (χ3n) is 2.82. The lowest BCUT2D eigenvalue weighted by molar-refractivity contribution is -0.133. The third-order valence-corrected chi connectivity index (χ3v) is 4.08. The van der Waals surface area contributed by atoms with Gasteiger partial charge in [0, 0.05) is 6.07 Å². The number of carbonyl (C=O) groups is 1. The highest BCUT2D eigenvalue weighted by molar-refractivity contribution is 7.99. The number of carboxylic acid groups (broad SMARTS) is 1. The first-order valence-electron chi connectivity index (χ1n) is 6.04. The van der Waals surface area contributed by atoms with Gasteiger partial charge in [-0.2, -0.15) is 0 Å². The van der Waals surface area contributed by atoms with Gasteiger partial charge in [0.15, 0.2) is 5.16 Å². The molecule has 0 fully saturated rings. The molecule has 0 amide bonds. The van der Waals surface area contributed by atoms with Gasteiger partial charge in [-0.15, -0.1) is 0 Å². The van der Waals surface area contributed by atoms with E-state index in [1.807, 2.05) is 16.7 Å². The fourth-order valence-electron chi connectivity index (χ4n) is 1.98. The van der Waals surface area contributed by atoms with E-state index >= 15 is 0 Å². The van der Waals surface area contributed by atoms with Crippen molar-refractivity contribution in [2.75, 3.05) is 5.75 Å². The van der Waals surface area contributed by atoms with E-state index < -0.39 is 5.97 Å². The van der Waals surface area contributed by atoms with Gasteiger partial charge in [-0.05, 0) is 12.1 Å². The molecule has 0 aliphatic carbocycles. The maximum atomic E-state index is 10.8. The van der Waals surface area contributed by atoms with Crippen LogP contribution in [0, 0.1) is 0 Å². The van der Waals surface area contributed by atoms with Crippen molar-refractivity contribution in [3.63, 3.8) is 0 Å². The summed E-state index contributed by atoms with van der Waals surface area (Å²) in [6.45, 7) is 0.415. The van der Waals surface area contributed by atoms with Crippen LogP contribution in [0.3, 0.4) is 0 Å². The van der Waals surface area contributed by atoms with Crippen molar-refractivity contribution in [2.45, 2.75) is 11.7 Å². The minimum atomic E-state index is -0.897. The number of benzene rings is 1. The molecule has 108 valence electrons. The molecule has 0 saturated carbocycles. The molecular formula is C13H10ClN3O3S. The number of aromatic nitrogens is 3. The maximum absolute atomic E-state index is 10.8. The largest absolute Gasteiger partial charge is 0.481 e. The molecule has 2 heterocycles. The van der Waals surface area contributed by atoms with E-state index in [1.165, 1.54) is 6.26 Å². The van der Waals surface area contributed by atoms with Gasteiger partial charge in [-0.3, -0.25) is 4.79 Å². The summed E-state index contributed by atoms with van der Waals surface area (Å²) in [4.78, 5) is 15.2. The molecule has 1 aromatic carbocycles. The molecule has 3 rings (SSSR count). The molecule has 0 bridgehead atoms. The fraction of sp³-hybridized carbons (Fsp3) is 0.154. The smallest absolute Gasteiger partial charge is 0.313 e. The van der Waals surface area contributed by atoms with Gasteiger partial charge in [-0.1, -0.05) is 34.6 Å². The van der Waals surface area contributed by atoms with Gasteiger partial charge in [0.1, 0.15) is 12.0 Å². The summed E-state index contributed by atoms with van der Waals surface area (Å²) in [5.41, 5.74) is 2.19. The number of thioether (sulfide) groups is 1. The highest BCUT2D eigenvalue weighted by Gasteiger charge is 2.16. The van der Waals surface area contributed by atoms with Gasteiger partial charge < -0.3 is 14.2 Å². The van der Waals surface area contributed by atoms with Gasteiger partial charge in [0.25, 0.3) is 0 Å². The Labute approximate surface area is 128 Å². The molecule has 6 nitrogen and oxygen atoms in total. The van der Waals surface area contributed by atoms with Crippen LogP contribution in [0.25, 0.3) is 11.0 Å². The van der Waals surface area contributed by atoms with Crippen molar-refractivity contribution in [1.29, 1.82) is 0 Å². The molecular weight excluding hydrogens is 314 g/mol. The van der Waals surface area contributed by atoms with Crippen molar-refractivity contribution < 1.29 is 14.4 Å². The predicted octanol–water partition coefficient (Wildman–Crippen LogP) is 2.90. The summed E-state index contributed by atoms with van der Waals surface area (Å²) >= 11 is 7.39. The molecule has 0 radical (unpaired) electrons. The molecule has 1 N–H and O–H groups in total. The second-order valence-electron chi connectivity index (χ2n) is 4.26. The number of halogens is 1. The Bertz CT molecular complexity index is 785. The number of rotatable bonds is 5. The highest BCUT2D eigenvalue weighted by Crippen LogP contribution is 2.29. The van der Waals surface area contributed by atoms with E-state index in [9.17, 15) is 4.79 Å². The Balaban J connectivity index is 2.07. The lowest BCUT2D eigenvalue weighted by Crippen LogP contribution is -2.05. The normalized spacial score (nSPS) is 11.1. The van der Waals surface area contributed by atoms with Crippen molar-refractivity contribution in [2.24, 2.45) is 0 Å². The zero-order chi connectivity index (χ0) is 14.8. The van der Waals surface area contributed by atoms with Crippen molar-refractivity contribution in [3.05, 3.63) is 41.2 Å². The van der Waals surface area contributed by atoms with Crippen molar-refractivity contribution in [1.82, 2.24) is 14.7 Å². The Hall–Kier alpha value is -1.99. The summed E-state index contributed by atoms with van der Waals surface area (Å²) in [6, 6.07) is 7.17. The second-order valence-corrected chi connectivity index (χ2v) is 5.61. The SMILES string of the molecule is O=C(O)CSc1nc2cccc(Cl)c2n1Cc1ccon1. The molecule has 21 heavy (non-hydrogen) atoms. The van der Waals surface area contributed by atoms with Crippen LogP contribution in [0.1, 0.15) is 5.69 Å². The van der Waals surface area contributed by atoms with Gasteiger partial charge in [-0.25, -0.2) is 4.98 Å². The molecule has 3 aromatic rings. The van der Waals surface area contributed by atoms with Crippen LogP contribution in [0.15, 0.2) is 40.2 Å². The first-order chi connectivity index (χ1) is 10.1. The number of aliphatic carboxylic acids is 1. The van der Waals surface area contributed by atoms with E-state index in [-0.39, 0.29) is 5.75 Å². The zero-order valence-corrected chi connectivity index (χ0v) is 12.3. The average molecular weight is 324 g/mol. The molecule has 0 spiro atoms. The number of hydrogen-bond acceptors (Lipinski definition) is 5. The summed E-state index contributed by atoms with van der Waals surface area (Å²) in [7, 11) is 0. The Morgan fingerprint density at radius 1 is 1.43 bits per heavy atom. The molecule has 8 heteroatoms. The summed E-state index contributed by atoms with van der Waals surface area (Å²) in [6.07, 6.45) is 1.49. The second kappa shape index (κ2) is 5.79. The van der Waals surface area contributed by atoms with Gasteiger partial charge in [0.2, 0.25) is 0 Å². The first-order valence-corrected chi connectivity index (χ1v) is 7.40. The van der Waals surface area contributed by atoms with E-state index in [1.54, 1.807) is 12.1 Å². The Kier molecular flexibility index (Phi) is 3.85. The molecule has 0 aliphatic heterocycles. The number of hydrogen-bond donors (Lipinski definition) is 1. The average Bonchev–Trinajstić information content (AvgIpc) is 3.06. The quantitative estimate of drug-likeness (QED) is 0.727. The summed E-state index contributed by atoms with van der Waals surface area (Å²) < 4.78 is 6.68. The number of fused-ring (bicyclic) bond motifs is 1. The van der Waals surface area contributed by atoms with Crippen LogP contribution in [0.2, 0.25) is 5.02 Å². The number of para-hydroxylation sites is 1. The molecule has 0 aliphatic rings. The maximum Gasteiger partial charge on any atom is 0.313 e. The van der Waals surface area contributed by atoms with Gasteiger partial charge >= 0.3 is 5.97 Å². The van der Waals surface area contributed by atoms with Crippen LogP contribution < -0.4 is 0 Å². The molecule has 0 unspecified atom stereocenters. The summed E-state index contributed by atoms with van der Waals surface area (Å²) in [5.74, 6) is -0.967. The van der Waals surface area contributed by atoms with Crippen LogP contribution in [-0.2, 0) is 11.3 Å². The van der Waals surface area contributed by atoms with Crippen molar-refractivity contribution >= 4 is 40.4 Å². The number of nitrogens with zero attached hydrogens (tertiary/aromatic N) is 3. The van der Waals surface area contributed by atoms with Crippen LogP contribution >= 0.6 is 23.4 Å². The van der Waals surface area contributed by atoms with Crippen LogP contribution in [0.4, 0.5) is 0 Å². The predicted molar refractivity (Wildman–Crippen MR) is 78.7 cm³/mol. The van der Waals surface area contributed by atoms with Gasteiger partial charge in [0.05, 0.1) is 28.4 Å². The lowest BCUT2D eigenvalue weighted by Gasteiger charge is -2.06. The molecule has 0 saturated heterocycles. The van der Waals surface area contributed by atoms with Crippen molar-refractivity contribution in [3.8, 4) is 0 Å². The van der Waals surface area contributed by atoms with E-state index in [0.29, 0.717) is 22.4 Å². The molecule has 2 aromatic heterocycles. The van der Waals surface area contributed by atoms with E-state index in [2.05, 4.69) is 10.1 Å². The summed E-state index contributed by atoms with van der Waals surface area (Å²) in [5, 5.41) is 13.9. The Morgan fingerprint density at radius 3 is 3.00 bits per heavy atom. The monoisotopic (exact) mass is 323 g/mol. The van der Waals surface area contributed by atoms with E-state index in [0.717, 1.165) is 22.8 Å². The molecule has 0 atom stereocenters. The standard InChI is InChI=1S/C13H10ClN3O3S/c14-9-2-1-3-10-12(9)17(6-8-4-5-20-16-8)13(15-10)21-7-11(18)19/h1-5H,6-7H2,(H,18,19). The number of carboxylic acids is 1. The van der Waals surface area contributed by atoms with Crippen LogP contribution in [0.5, 0.6) is 0 Å². The third kappa shape index (κ3) is 2.88. The number of imidazole rings is 1. The first kappa shape index (κ1) is 14.0. The Morgan fingerprint density at radius 2 is 2.29 bits per heavy atom. The fourth-order valence-corrected chi connectivity index (χ4v) is 2.98. The van der Waals surface area contributed by atoms with E-state index in [4.69, 9.17) is 21.2 Å². The minimum absolute atomic E-state index is 0.0697. The zero-order valence-electron chi connectivity index (χ0n) is 10.7. The topological polar surface area (TPSA) is 81.1 Å². The van der Waals surface area contributed by atoms with Crippen LogP contribution in [-0.4, -0.2) is 31.5 Å². The highest BCUT2D eigenvalue weighted by atomic mass is 35.5. The minimum Gasteiger partial charge on any atom is -0.481 e. The lowest BCUT2D eigenvalue weighted by atomic mass is 10.3.